The monoisotopic (exact) mass is 288 g/mol. The second-order valence-electron chi connectivity index (χ2n) is 6.57. The lowest BCUT2D eigenvalue weighted by molar-refractivity contribution is -0.139. The number of pyridine rings is 1. The molecule has 4 heteroatoms. The highest BCUT2D eigenvalue weighted by molar-refractivity contribution is 5.78. The highest BCUT2D eigenvalue weighted by atomic mass is 16.3. The Kier molecular flexibility index (Phi) is 4.24. The van der Waals surface area contributed by atoms with Crippen LogP contribution in [0.15, 0.2) is 24.5 Å². The van der Waals surface area contributed by atoms with Crippen LogP contribution >= 0.6 is 0 Å². The maximum absolute atomic E-state index is 12.7. The van der Waals surface area contributed by atoms with Crippen molar-refractivity contribution in [3.8, 4) is 0 Å². The number of rotatable bonds is 5. The molecule has 2 fully saturated rings. The summed E-state index contributed by atoms with van der Waals surface area (Å²) in [6.45, 7) is 0.641. The first-order chi connectivity index (χ1) is 10.2. The van der Waals surface area contributed by atoms with Gasteiger partial charge in [0.05, 0.1) is 12.0 Å². The van der Waals surface area contributed by atoms with E-state index in [1.54, 1.807) is 12.4 Å². The highest BCUT2D eigenvalue weighted by Gasteiger charge is 2.38. The molecule has 2 aliphatic carbocycles. The van der Waals surface area contributed by atoms with Crippen LogP contribution in [0.3, 0.4) is 0 Å². The lowest BCUT2D eigenvalue weighted by Crippen LogP contribution is -2.41. The van der Waals surface area contributed by atoms with Gasteiger partial charge in [0.25, 0.3) is 0 Å². The Hall–Kier alpha value is -1.42. The molecule has 2 saturated carbocycles. The number of carbonyl (C=O) groups excluding carboxylic acids is 1. The SMILES string of the molecule is O=C(CC1(O)CCCCC1)N(Cc1ccncc1)C1CC1. The van der Waals surface area contributed by atoms with Crippen molar-refractivity contribution >= 4 is 5.91 Å². The van der Waals surface area contributed by atoms with E-state index in [1.807, 2.05) is 17.0 Å². The molecule has 21 heavy (non-hydrogen) atoms. The molecule has 0 saturated heterocycles. The van der Waals surface area contributed by atoms with E-state index in [0.29, 0.717) is 12.6 Å². The van der Waals surface area contributed by atoms with Crippen molar-refractivity contribution in [2.24, 2.45) is 0 Å². The third-order valence-corrected chi connectivity index (χ3v) is 4.67. The van der Waals surface area contributed by atoms with Crippen molar-refractivity contribution in [2.75, 3.05) is 0 Å². The zero-order chi connectivity index (χ0) is 14.7. The van der Waals surface area contributed by atoms with Crippen molar-refractivity contribution in [1.29, 1.82) is 0 Å². The Bertz CT molecular complexity index is 479. The lowest BCUT2D eigenvalue weighted by atomic mass is 9.82. The Morgan fingerprint density at radius 1 is 1.24 bits per heavy atom. The predicted molar refractivity (Wildman–Crippen MR) is 80.5 cm³/mol. The normalized spacial score (nSPS) is 21.0. The summed E-state index contributed by atoms with van der Waals surface area (Å²) in [5.74, 6) is 0.110. The van der Waals surface area contributed by atoms with Crippen LogP contribution in [-0.4, -0.2) is 32.5 Å². The summed E-state index contributed by atoms with van der Waals surface area (Å²) in [4.78, 5) is 18.6. The minimum absolute atomic E-state index is 0.110. The Morgan fingerprint density at radius 2 is 1.90 bits per heavy atom. The second-order valence-corrected chi connectivity index (χ2v) is 6.57. The van der Waals surface area contributed by atoms with Gasteiger partial charge in [0.1, 0.15) is 0 Å². The molecule has 0 spiro atoms. The van der Waals surface area contributed by atoms with Gasteiger partial charge in [-0.05, 0) is 43.4 Å². The van der Waals surface area contributed by atoms with E-state index >= 15 is 0 Å². The standard InChI is InChI=1S/C17H24N2O2/c20-16(12-17(21)8-2-1-3-9-17)19(15-4-5-15)13-14-6-10-18-11-7-14/h6-7,10-11,15,21H,1-5,8-9,12-13H2. The van der Waals surface area contributed by atoms with Crippen LogP contribution in [0, 0.1) is 0 Å². The molecule has 1 amide bonds. The minimum Gasteiger partial charge on any atom is -0.389 e. The summed E-state index contributed by atoms with van der Waals surface area (Å²) in [6.07, 6.45) is 10.8. The number of hydrogen-bond donors (Lipinski definition) is 1. The molecule has 1 aromatic heterocycles. The quantitative estimate of drug-likeness (QED) is 0.906. The van der Waals surface area contributed by atoms with Gasteiger partial charge in [-0.2, -0.15) is 0 Å². The van der Waals surface area contributed by atoms with Gasteiger partial charge in [0, 0.05) is 25.0 Å². The average molecular weight is 288 g/mol. The number of nitrogens with zero attached hydrogens (tertiary/aromatic N) is 2. The second kappa shape index (κ2) is 6.14. The van der Waals surface area contributed by atoms with Crippen LogP contribution in [-0.2, 0) is 11.3 Å². The third kappa shape index (κ3) is 3.82. The number of aliphatic hydroxyl groups is 1. The van der Waals surface area contributed by atoms with E-state index in [-0.39, 0.29) is 12.3 Å². The van der Waals surface area contributed by atoms with Crippen molar-refractivity contribution in [3.63, 3.8) is 0 Å². The molecule has 0 unspecified atom stereocenters. The molecule has 1 aromatic rings. The molecule has 1 heterocycles. The van der Waals surface area contributed by atoms with E-state index in [1.165, 1.54) is 6.42 Å². The van der Waals surface area contributed by atoms with Crippen molar-refractivity contribution in [2.45, 2.75) is 69.6 Å². The summed E-state index contributed by atoms with van der Waals surface area (Å²) in [5.41, 5.74) is 0.349. The van der Waals surface area contributed by atoms with E-state index in [2.05, 4.69) is 4.98 Å². The molecule has 4 nitrogen and oxygen atoms in total. The Morgan fingerprint density at radius 3 is 2.52 bits per heavy atom. The minimum atomic E-state index is -0.763. The van der Waals surface area contributed by atoms with Crippen LogP contribution in [0.5, 0.6) is 0 Å². The van der Waals surface area contributed by atoms with Gasteiger partial charge in [-0.15, -0.1) is 0 Å². The van der Waals surface area contributed by atoms with Gasteiger partial charge in [0.15, 0.2) is 0 Å². The molecule has 0 bridgehead atoms. The van der Waals surface area contributed by atoms with Gasteiger partial charge < -0.3 is 10.0 Å². The molecule has 0 aliphatic heterocycles. The van der Waals surface area contributed by atoms with Gasteiger partial charge in [-0.3, -0.25) is 9.78 Å². The zero-order valence-corrected chi connectivity index (χ0v) is 12.5. The van der Waals surface area contributed by atoms with Crippen molar-refractivity contribution in [3.05, 3.63) is 30.1 Å². The van der Waals surface area contributed by atoms with Crippen LogP contribution < -0.4 is 0 Å². The average Bonchev–Trinajstić information content (AvgIpc) is 3.30. The van der Waals surface area contributed by atoms with Crippen LogP contribution in [0.2, 0.25) is 0 Å². The molecule has 114 valence electrons. The predicted octanol–water partition coefficient (Wildman–Crippen LogP) is 2.66. The van der Waals surface area contributed by atoms with Crippen LogP contribution in [0.1, 0.15) is 56.9 Å². The molecule has 0 aromatic carbocycles. The molecule has 3 rings (SSSR count). The van der Waals surface area contributed by atoms with Crippen LogP contribution in [0.25, 0.3) is 0 Å². The lowest BCUT2D eigenvalue weighted by Gasteiger charge is -2.34. The molecule has 2 aliphatic rings. The maximum Gasteiger partial charge on any atom is 0.226 e. The van der Waals surface area contributed by atoms with Gasteiger partial charge in [-0.1, -0.05) is 19.3 Å². The Labute approximate surface area is 126 Å². The number of carbonyl (C=O) groups is 1. The van der Waals surface area contributed by atoms with Gasteiger partial charge in [-0.25, -0.2) is 0 Å². The fourth-order valence-electron chi connectivity index (χ4n) is 3.26. The molecule has 0 radical (unpaired) electrons. The molecular weight excluding hydrogens is 264 g/mol. The highest BCUT2D eigenvalue weighted by Crippen LogP contribution is 2.34. The van der Waals surface area contributed by atoms with Crippen LogP contribution in [0.4, 0.5) is 0 Å². The third-order valence-electron chi connectivity index (χ3n) is 4.67. The van der Waals surface area contributed by atoms with E-state index < -0.39 is 5.60 Å². The topological polar surface area (TPSA) is 53.4 Å². The fraction of sp³-hybridized carbons (Fsp3) is 0.647. The largest absolute Gasteiger partial charge is 0.389 e. The summed E-state index contributed by atoms with van der Waals surface area (Å²) in [6, 6.07) is 4.29. The molecule has 1 N–H and O–H groups in total. The summed E-state index contributed by atoms with van der Waals surface area (Å²) >= 11 is 0. The smallest absolute Gasteiger partial charge is 0.226 e. The first-order valence-electron chi connectivity index (χ1n) is 8.07. The first kappa shape index (κ1) is 14.5. The molecular formula is C17H24N2O2. The fourth-order valence-corrected chi connectivity index (χ4v) is 3.26. The van der Waals surface area contributed by atoms with Crippen molar-refractivity contribution < 1.29 is 9.90 Å². The van der Waals surface area contributed by atoms with E-state index in [9.17, 15) is 9.90 Å². The van der Waals surface area contributed by atoms with Gasteiger partial charge in [0.2, 0.25) is 5.91 Å². The number of aromatic nitrogens is 1. The zero-order valence-electron chi connectivity index (χ0n) is 12.5. The summed E-state index contributed by atoms with van der Waals surface area (Å²) in [7, 11) is 0. The molecule has 0 atom stereocenters. The Balaban J connectivity index is 1.64. The number of amides is 1. The van der Waals surface area contributed by atoms with Crippen molar-refractivity contribution in [1.82, 2.24) is 9.88 Å². The van der Waals surface area contributed by atoms with E-state index in [4.69, 9.17) is 0 Å². The summed E-state index contributed by atoms with van der Waals surface area (Å²) < 4.78 is 0. The first-order valence-corrected chi connectivity index (χ1v) is 8.07. The maximum atomic E-state index is 12.7. The van der Waals surface area contributed by atoms with Gasteiger partial charge >= 0.3 is 0 Å². The number of hydrogen-bond acceptors (Lipinski definition) is 3. The summed E-state index contributed by atoms with van der Waals surface area (Å²) in [5, 5.41) is 10.6. The van der Waals surface area contributed by atoms with E-state index in [0.717, 1.165) is 44.1 Å².